The molecule has 2 aromatic carbocycles. The lowest BCUT2D eigenvalue weighted by atomic mass is 10.1. The molecule has 1 amide bonds. The maximum atomic E-state index is 14.6. The lowest BCUT2D eigenvalue weighted by Gasteiger charge is -2.26. The van der Waals surface area contributed by atoms with Crippen molar-refractivity contribution in [2.75, 3.05) is 13.1 Å². The molecule has 0 spiro atoms. The van der Waals surface area contributed by atoms with Crippen LogP contribution in [0.25, 0.3) is 5.69 Å². The van der Waals surface area contributed by atoms with Crippen LogP contribution < -0.4 is 5.32 Å². The number of hydrogen-bond acceptors (Lipinski definition) is 4. The molecule has 1 aromatic heterocycles. The number of amides is 1. The molecular formula is C24H27FN4O3S. The summed E-state index contributed by atoms with van der Waals surface area (Å²) in [6.45, 7) is 4.62. The van der Waals surface area contributed by atoms with Crippen LogP contribution in [-0.4, -0.2) is 41.3 Å². The van der Waals surface area contributed by atoms with Crippen LogP contribution in [0.3, 0.4) is 0 Å². The standard InChI is InChI=1S/C24H27FN4O3S/c1-17-6-8-20(15-23(17)33(31,32)28-11-4-3-5-12-28)24(30)27-16-19-7-9-22(21(25)14-19)29-13-10-26-18(29)2/h6-10,13-15H,3-5,11-12,16H2,1-2H3,(H,27,30). The Hall–Kier alpha value is -3.04. The van der Waals surface area contributed by atoms with Crippen LogP contribution >= 0.6 is 0 Å². The van der Waals surface area contributed by atoms with E-state index in [-0.39, 0.29) is 17.0 Å². The van der Waals surface area contributed by atoms with Gasteiger partial charge < -0.3 is 9.88 Å². The van der Waals surface area contributed by atoms with Crippen molar-refractivity contribution in [3.8, 4) is 5.69 Å². The molecule has 0 bridgehead atoms. The number of carbonyl (C=O) groups is 1. The summed E-state index contributed by atoms with van der Waals surface area (Å²) < 4.78 is 44.0. The smallest absolute Gasteiger partial charge is 0.251 e. The van der Waals surface area contributed by atoms with E-state index in [4.69, 9.17) is 0 Å². The van der Waals surface area contributed by atoms with Gasteiger partial charge in [0.1, 0.15) is 11.6 Å². The summed E-state index contributed by atoms with van der Waals surface area (Å²) in [5, 5.41) is 2.75. The molecule has 7 nitrogen and oxygen atoms in total. The van der Waals surface area contributed by atoms with Gasteiger partial charge in [0.25, 0.3) is 5.91 Å². The van der Waals surface area contributed by atoms with Gasteiger partial charge in [0.05, 0.1) is 10.6 Å². The highest BCUT2D eigenvalue weighted by Gasteiger charge is 2.28. The van der Waals surface area contributed by atoms with Gasteiger partial charge in [-0.3, -0.25) is 4.79 Å². The first-order valence-corrected chi connectivity index (χ1v) is 12.4. The van der Waals surface area contributed by atoms with Crippen molar-refractivity contribution in [2.24, 2.45) is 0 Å². The van der Waals surface area contributed by atoms with E-state index in [1.807, 2.05) is 0 Å². The minimum Gasteiger partial charge on any atom is -0.348 e. The molecular weight excluding hydrogens is 443 g/mol. The minimum atomic E-state index is -3.66. The van der Waals surface area contributed by atoms with Gasteiger partial charge in [0, 0.05) is 37.6 Å². The first-order chi connectivity index (χ1) is 15.8. The van der Waals surface area contributed by atoms with Crippen LogP contribution in [0.5, 0.6) is 0 Å². The molecule has 1 N–H and O–H groups in total. The van der Waals surface area contributed by atoms with Crippen molar-refractivity contribution in [1.82, 2.24) is 19.2 Å². The largest absolute Gasteiger partial charge is 0.348 e. The number of aromatic nitrogens is 2. The maximum Gasteiger partial charge on any atom is 0.251 e. The highest BCUT2D eigenvalue weighted by molar-refractivity contribution is 7.89. The van der Waals surface area contributed by atoms with Crippen molar-refractivity contribution in [3.05, 3.63) is 77.1 Å². The van der Waals surface area contributed by atoms with E-state index in [0.717, 1.165) is 19.3 Å². The summed E-state index contributed by atoms with van der Waals surface area (Å²) in [7, 11) is -3.66. The van der Waals surface area contributed by atoms with Gasteiger partial charge in [-0.15, -0.1) is 0 Å². The fourth-order valence-corrected chi connectivity index (χ4v) is 5.80. The SMILES string of the molecule is Cc1ccc(C(=O)NCc2ccc(-n3ccnc3C)c(F)c2)cc1S(=O)(=O)N1CCCCC1. The summed E-state index contributed by atoms with van der Waals surface area (Å²) in [6.07, 6.45) is 5.99. The number of imidazole rings is 1. The van der Waals surface area contributed by atoms with E-state index < -0.39 is 21.7 Å². The van der Waals surface area contributed by atoms with Crippen molar-refractivity contribution in [2.45, 2.75) is 44.6 Å². The molecule has 2 heterocycles. The number of halogens is 1. The maximum absolute atomic E-state index is 14.6. The molecule has 33 heavy (non-hydrogen) atoms. The minimum absolute atomic E-state index is 0.112. The van der Waals surface area contributed by atoms with Crippen LogP contribution in [0, 0.1) is 19.7 Å². The number of benzene rings is 2. The third-order valence-corrected chi connectivity index (χ3v) is 7.97. The van der Waals surface area contributed by atoms with Gasteiger partial charge in [0.2, 0.25) is 10.0 Å². The Morgan fingerprint density at radius 2 is 1.85 bits per heavy atom. The summed E-state index contributed by atoms with van der Waals surface area (Å²) in [6, 6.07) is 9.43. The quantitative estimate of drug-likeness (QED) is 0.595. The Labute approximate surface area is 193 Å². The second-order valence-electron chi connectivity index (χ2n) is 8.26. The molecule has 1 fully saturated rings. The summed E-state index contributed by atoms with van der Waals surface area (Å²) in [5.41, 5.74) is 1.83. The summed E-state index contributed by atoms with van der Waals surface area (Å²) >= 11 is 0. The number of sulfonamides is 1. The van der Waals surface area contributed by atoms with Crippen LogP contribution in [-0.2, 0) is 16.6 Å². The van der Waals surface area contributed by atoms with Gasteiger partial charge in [-0.1, -0.05) is 18.6 Å². The highest BCUT2D eigenvalue weighted by atomic mass is 32.2. The Bertz CT molecular complexity index is 1280. The zero-order valence-corrected chi connectivity index (χ0v) is 19.5. The highest BCUT2D eigenvalue weighted by Crippen LogP contribution is 2.24. The normalized spacial score (nSPS) is 14.9. The predicted molar refractivity (Wildman–Crippen MR) is 123 cm³/mol. The zero-order valence-electron chi connectivity index (χ0n) is 18.7. The molecule has 0 saturated carbocycles. The van der Waals surface area contributed by atoms with Crippen molar-refractivity contribution in [1.29, 1.82) is 0 Å². The van der Waals surface area contributed by atoms with Crippen LogP contribution in [0.2, 0.25) is 0 Å². The van der Waals surface area contributed by atoms with Crippen LogP contribution in [0.15, 0.2) is 53.7 Å². The molecule has 4 rings (SSSR count). The molecule has 0 radical (unpaired) electrons. The van der Waals surface area contributed by atoms with Crippen molar-refractivity contribution in [3.63, 3.8) is 0 Å². The molecule has 9 heteroatoms. The fourth-order valence-electron chi connectivity index (χ4n) is 4.04. The number of aryl methyl sites for hydroxylation is 2. The molecule has 1 saturated heterocycles. The number of carbonyl (C=O) groups excluding carboxylic acids is 1. The third kappa shape index (κ3) is 4.84. The fraction of sp³-hybridized carbons (Fsp3) is 0.333. The lowest BCUT2D eigenvalue weighted by Crippen LogP contribution is -2.36. The summed E-state index contributed by atoms with van der Waals surface area (Å²) in [5.74, 6) is -0.169. The first-order valence-electron chi connectivity index (χ1n) is 10.9. The first kappa shape index (κ1) is 23.1. The molecule has 0 aliphatic carbocycles. The zero-order chi connectivity index (χ0) is 23.6. The number of piperidine rings is 1. The number of nitrogens with one attached hydrogen (secondary N) is 1. The molecule has 0 unspecified atom stereocenters. The Morgan fingerprint density at radius 3 is 2.52 bits per heavy atom. The average Bonchev–Trinajstić information content (AvgIpc) is 3.23. The van der Waals surface area contributed by atoms with Gasteiger partial charge in [0.15, 0.2) is 0 Å². The topological polar surface area (TPSA) is 84.3 Å². The van der Waals surface area contributed by atoms with E-state index in [9.17, 15) is 17.6 Å². The molecule has 0 atom stereocenters. The van der Waals surface area contributed by atoms with Gasteiger partial charge in [-0.2, -0.15) is 4.31 Å². The van der Waals surface area contributed by atoms with E-state index in [1.165, 1.54) is 16.4 Å². The second-order valence-corrected chi connectivity index (χ2v) is 10.2. The Morgan fingerprint density at radius 1 is 1.09 bits per heavy atom. The van der Waals surface area contributed by atoms with Crippen molar-refractivity contribution < 1.29 is 17.6 Å². The van der Waals surface area contributed by atoms with E-state index in [0.29, 0.717) is 35.7 Å². The number of hydrogen-bond donors (Lipinski definition) is 1. The van der Waals surface area contributed by atoms with Crippen LogP contribution in [0.4, 0.5) is 4.39 Å². The van der Waals surface area contributed by atoms with Crippen LogP contribution in [0.1, 0.15) is 46.6 Å². The number of rotatable bonds is 6. The van der Waals surface area contributed by atoms with E-state index in [2.05, 4.69) is 10.3 Å². The molecule has 174 valence electrons. The van der Waals surface area contributed by atoms with Gasteiger partial charge >= 0.3 is 0 Å². The predicted octanol–water partition coefficient (Wildman–Crippen LogP) is 3.73. The van der Waals surface area contributed by atoms with E-state index >= 15 is 0 Å². The monoisotopic (exact) mass is 470 g/mol. The van der Waals surface area contributed by atoms with Gasteiger partial charge in [-0.25, -0.2) is 17.8 Å². The van der Waals surface area contributed by atoms with Gasteiger partial charge in [-0.05, 0) is 62.1 Å². The third-order valence-electron chi connectivity index (χ3n) is 5.93. The lowest BCUT2D eigenvalue weighted by molar-refractivity contribution is 0.0950. The van der Waals surface area contributed by atoms with Crippen molar-refractivity contribution >= 4 is 15.9 Å². The number of nitrogens with zero attached hydrogens (tertiary/aromatic N) is 3. The summed E-state index contributed by atoms with van der Waals surface area (Å²) in [4.78, 5) is 17.0. The second kappa shape index (κ2) is 9.44. The van der Waals surface area contributed by atoms with E-state index in [1.54, 1.807) is 55.1 Å². The Balaban J connectivity index is 1.49. The Kier molecular flexibility index (Phi) is 6.62. The average molecular weight is 471 g/mol. The molecule has 1 aliphatic heterocycles. The molecule has 1 aliphatic rings. The molecule has 3 aromatic rings.